The summed E-state index contributed by atoms with van der Waals surface area (Å²) in [4.78, 5) is 26.7. The summed E-state index contributed by atoms with van der Waals surface area (Å²) in [6.07, 6.45) is 3.48. The lowest BCUT2D eigenvalue weighted by atomic mass is 10.1. The third-order valence-corrected chi connectivity index (χ3v) is 5.49. The van der Waals surface area contributed by atoms with Crippen LogP contribution in [-0.2, 0) is 16.1 Å². The second kappa shape index (κ2) is 9.65. The van der Waals surface area contributed by atoms with E-state index in [4.69, 9.17) is 4.74 Å². The number of rotatable bonds is 5. The van der Waals surface area contributed by atoms with E-state index >= 15 is 0 Å². The Bertz CT molecular complexity index is 1160. The van der Waals surface area contributed by atoms with Gasteiger partial charge in [-0.15, -0.1) is 0 Å². The number of para-hydroxylation sites is 1. The fraction of sp³-hybridized carbons (Fsp3) is 0.292. The molecule has 0 unspecified atom stereocenters. The van der Waals surface area contributed by atoms with Crippen LogP contribution in [-0.4, -0.2) is 53.9 Å². The monoisotopic (exact) mass is 433 g/mol. The molecule has 3 amide bonds. The highest BCUT2D eigenvalue weighted by Gasteiger charge is 2.18. The van der Waals surface area contributed by atoms with Gasteiger partial charge in [0.1, 0.15) is 6.54 Å². The first-order valence-corrected chi connectivity index (χ1v) is 10.6. The minimum absolute atomic E-state index is 0.0588. The highest BCUT2D eigenvalue weighted by molar-refractivity contribution is 6.00. The average molecular weight is 434 g/mol. The molecule has 8 nitrogen and oxygen atoms in total. The zero-order chi connectivity index (χ0) is 22.5. The molecule has 2 N–H and O–H groups in total. The Hall–Kier alpha value is -3.65. The Morgan fingerprint density at radius 1 is 1.12 bits per heavy atom. The summed E-state index contributed by atoms with van der Waals surface area (Å²) in [6.45, 7) is 6.58. The molecule has 0 spiro atoms. The molecule has 1 aliphatic rings. The van der Waals surface area contributed by atoms with Crippen molar-refractivity contribution in [1.82, 2.24) is 14.9 Å². The number of hydrazone groups is 1. The van der Waals surface area contributed by atoms with Crippen molar-refractivity contribution in [2.24, 2.45) is 5.10 Å². The second-order valence-electron chi connectivity index (χ2n) is 7.87. The Kier molecular flexibility index (Phi) is 6.51. The van der Waals surface area contributed by atoms with Gasteiger partial charge in [-0.05, 0) is 31.5 Å². The lowest BCUT2D eigenvalue weighted by molar-refractivity contribution is -0.135. The van der Waals surface area contributed by atoms with Crippen LogP contribution in [0, 0.1) is 13.8 Å². The summed E-state index contributed by atoms with van der Waals surface area (Å²) in [5.41, 5.74) is 7.13. The van der Waals surface area contributed by atoms with E-state index in [1.807, 2.05) is 72.0 Å². The van der Waals surface area contributed by atoms with E-state index in [2.05, 4.69) is 15.8 Å². The third kappa shape index (κ3) is 4.97. The molecular weight excluding hydrogens is 406 g/mol. The number of amides is 3. The number of nitrogens with zero attached hydrogens (tertiary/aromatic N) is 3. The topological polar surface area (TPSA) is 88.0 Å². The number of fused-ring (bicyclic) bond motifs is 1. The van der Waals surface area contributed by atoms with E-state index in [9.17, 15) is 9.59 Å². The van der Waals surface area contributed by atoms with Crippen molar-refractivity contribution in [3.63, 3.8) is 0 Å². The van der Waals surface area contributed by atoms with E-state index in [0.29, 0.717) is 26.3 Å². The van der Waals surface area contributed by atoms with Gasteiger partial charge in [-0.3, -0.25) is 4.79 Å². The molecule has 4 rings (SSSR count). The molecule has 0 radical (unpaired) electrons. The Labute approximate surface area is 186 Å². The Morgan fingerprint density at radius 2 is 1.91 bits per heavy atom. The van der Waals surface area contributed by atoms with Crippen molar-refractivity contribution in [2.45, 2.75) is 20.4 Å². The summed E-state index contributed by atoms with van der Waals surface area (Å²) in [5, 5.41) is 7.87. The molecule has 2 heterocycles. The molecule has 32 heavy (non-hydrogen) atoms. The summed E-state index contributed by atoms with van der Waals surface area (Å²) >= 11 is 0. The molecule has 0 bridgehead atoms. The van der Waals surface area contributed by atoms with Gasteiger partial charge in [0, 0.05) is 41.4 Å². The normalized spacial score (nSPS) is 14.1. The second-order valence-corrected chi connectivity index (χ2v) is 7.87. The van der Waals surface area contributed by atoms with Gasteiger partial charge in [0.2, 0.25) is 5.91 Å². The summed E-state index contributed by atoms with van der Waals surface area (Å²) in [7, 11) is 0. The number of carbonyl (C=O) groups excluding carboxylic acids is 2. The van der Waals surface area contributed by atoms with Gasteiger partial charge >= 0.3 is 6.03 Å². The van der Waals surface area contributed by atoms with Crippen molar-refractivity contribution in [3.05, 3.63) is 65.4 Å². The quantitative estimate of drug-likeness (QED) is 0.478. The number of ether oxygens (including phenoxy) is 1. The SMILES string of the molecule is Cc1ccc(NC(=O)N/N=C/c2cn(CC(=O)N3CCOCC3)c3ccccc23)c(C)c1. The van der Waals surface area contributed by atoms with Crippen LogP contribution in [0.4, 0.5) is 10.5 Å². The number of nitrogens with one attached hydrogen (secondary N) is 2. The molecule has 166 valence electrons. The van der Waals surface area contributed by atoms with Crippen LogP contribution in [0.2, 0.25) is 0 Å². The highest BCUT2D eigenvalue weighted by Crippen LogP contribution is 2.20. The molecule has 0 aliphatic carbocycles. The highest BCUT2D eigenvalue weighted by atomic mass is 16.5. The van der Waals surface area contributed by atoms with Crippen molar-refractivity contribution in [3.8, 4) is 0 Å². The number of benzene rings is 2. The minimum Gasteiger partial charge on any atom is -0.378 e. The number of carbonyl (C=O) groups is 2. The average Bonchev–Trinajstić information content (AvgIpc) is 3.14. The van der Waals surface area contributed by atoms with Crippen molar-refractivity contribution < 1.29 is 14.3 Å². The van der Waals surface area contributed by atoms with Crippen LogP contribution < -0.4 is 10.7 Å². The van der Waals surface area contributed by atoms with Crippen LogP contribution in [0.15, 0.2) is 53.8 Å². The molecule has 1 aromatic heterocycles. The zero-order valence-corrected chi connectivity index (χ0v) is 18.3. The molecular formula is C24H27N5O3. The maximum atomic E-state index is 12.7. The standard InChI is InChI=1S/C24H27N5O3/c1-17-7-8-21(18(2)13-17)26-24(31)27-25-14-19-15-29(22-6-4-3-5-20(19)22)16-23(30)28-9-11-32-12-10-28/h3-8,13-15H,9-12,16H2,1-2H3,(H2,26,27,31)/b25-14+. The Morgan fingerprint density at radius 3 is 2.69 bits per heavy atom. The maximum Gasteiger partial charge on any atom is 0.339 e. The van der Waals surface area contributed by atoms with Crippen LogP contribution >= 0.6 is 0 Å². The number of hydrogen-bond donors (Lipinski definition) is 2. The van der Waals surface area contributed by atoms with E-state index in [-0.39, 0.29) is 12.5 Å². The summed E-state index contributed by atoms with van der Waals surface area (Å²) in [6, 6.07) is 13.2. The minimum atomic E-state index is -0.417. The number of anilines is 1. The number of hydrogen-bond acceptors (Lipinski definition) is 4. The summed E-state index contributed by atoms with van der Waals surface area (Å²) in [5.74, 6) is 0.0588. The van der Waals surface area contributed by atoms with Gasteiger partial charge in [0.25, 0.3) is 0 Å². The Balaban J connectivity index is 1.45. The molecule has 0 atom stereocenters. The molecule has 1 fully saturated rings. The summed E-state index contributed by atoms with van der Waals surface area (Å²) < 4.78 is 7.25. The number of aromatic nitrogens is 1. The third-order valence-electron chi connectivity index (χ3n) is 5.49. The van der Waals surface area contributed by atoms with Crippen molar-refractivity contribution in [2.75, 3.05) is 31.6 Å². The van der Waals surface area contributed by atoms with E-state index in [0.717, 1.165) is 33.3 Å². The lowest BCUT2D eigenvalue weighted by Gasteiger charge is -2.27. The van der Waals surface area contributed by atoms with Gasteiger partial charge in [-0.2, -0.15) is 5.10 Å². The number of aryl methyl sites for hydroxylation is 2. The van der Waals surface area contributed by atoms with Gasteiger partial charge < -0.3 is 19.5 Å². The predicted octanol–water partition coefficient (Wildman–Crippen LogP) is 3.27. The molecule has 1 aliphatic heterocycles. The zero-order valence-electron chi connectivity index (χ0n) is 18.3. The van der Waals surface area contributed by atoms with Crippen LogP contribution in [0.5, 0.6) is 0 Å². The van der Waals surface area contributed by atoms with Crippen LogP contribution in [0.1, 0.15) is 16.7 Å². The fourth-order valence-corrected chi connectivity index (χ4v) is 3.83. The van der Waals surface area contributed by atoms with E-state index in [1.165, 1.54) is 0 Å². The molecule has 0 saturated carbocycles. The van der Waals surface area contributed by atoms with Crippen LogP contribution in [0.3, 0.4) is 0 Å². The molecule has 3 aromatic rings. The number of morpholine rings is 1. The molecule has 1 saturated heterocycles. The van der Waals surface area contributed by atoms with Gasteiger partial charge in [0.05, 0.1) is 19.4 Å². The fourth-order valence-electron chi connectivity index (χ4n) is 3.83. The van der Waals surface area contributed by atoms with E-state index in [1.54, 1.807) is 6.21 Å². The van der Waals surface area contributed by atoms with Gasteiger partial charge in [-0.25, -0.2) is 10.2 Å². The maximum absolute atomic E-state index is 12.7. The number of urea groups is 1. The smallest absolute Gasteiger partial charge is 0.339 e. The largest absolute Gasteiger partial charge is 0.378 e. The van der Waals surface area contributed by atoms with Gasteiger partial charge in [0.15, 0.2) is 0 Å². The molecule has 2 aromatic carbocycles. The predicted molar refractivity (Wildman–Crippen MR) is 125 cm³/mol. The van der Waals surface area contributed by atoms with Crippen LogP contribution in [0.25, 0.3) is 10.9 Å². The first-order valence-electron chi connectivity index (χ1n) is 10.6. The van der Waals surface area contributed by atoms with Gasteiger partial charge in [-0.1, -0.05) is 35.9 Å². The first-order chi connectivity index (χ1) is 15.5. The van der Waals surface area contributed by atoms with Crippen molar-refractivity contribution >= 4 is 34.7 Å². The van der Waals surface area contributed by atoms with Crippen molar-refractivity contribution in [1.29, 1.82) is 0 Å². The molecule has 8 heteroatoms. The lowest BCUT2D eigenvalue weighted by Crippen LogP contribution is -2.42. The first kappa shape index (κ1) is 21.6. The van der Waals surface area contributed by atoms with E-state index < -0.39 is 6.03 Å².